The topological polar surface area (TPSA) is 29.3 Å². The number of para-hydroxylation sites is 1. The van der Waals surface area contributed by atoms with Gasteiger partial charge in [-0.25, -0.2) is 0 Å². The molecule has 1 aromatic rings. The number of benzene rings is 1. The molecule has 2 N–H and O–H groups in total. The van der Waals surface area contributed by atoms with E-state index in [9.17, 15) is 0 Å². The van der Waals surface area contributed by atoms with Crippen molar-refractivity contribution in [2.45, 2.75) is 32.7 Å². The molecular weight excluding hydrogens is 184 g/mol. The molecule has 0 radical (unpaired) electrons. The van der Waals surface area contributed by atoms with Crippen molar-refractivity contribution in [3.8, 4) is 0 Å². The predicted molar refractivity (Wildman–Crippen MR) is 65.4 cm³/mol. The second kappa shape index (κ2) is 4.23. The van der Waals surface area contributed by atoms with E-state index in [1.54, 1.807) is 0 Å². The molecule has 2 nitrogen and oxygen atoms in total. The van der Waals surface area contributed by atoms with Crippen molar-refractivity contribution in [3.05, 3.63) is 29.3 Å². The van der Waals surface area contributed by atoms with Crippen molar-refractivity contribution < 1.29 is 0 Å². The zero-order valence-corrected chi connectivity index (χ0v) is 9.66. The van der Waals surface area contributed by atoms with Crippen molar-refractivity contribution in [1.82, 2.24) is 0 Å². The van der Waals surface area contributed by atoms with Gasteiger partial charge in [0.2, 0.25) is 0 Å². The van der Waals surface area contributed by atoms with Crippen LogP contribution >= 0.6 is 0 Å². The van der Waals surface area contributed by atoms with Crippen LogP contribution in [0.3, 0.4) is 0 Å². The van der Waals surface area contributed by atoms with Crippen molar-refractivity contribution >= 4 is 5.69 Å². The van der Waals surface area contributed by atoms with Crippen LogP contribution in [0.4, 0.5) is 5.69 Å². The van der Waals surface area contributed by atoms with Crippen LogP contribution < -0.4 is 10.6 Å². The molecule has 0 unspecified atom stereocenters. The Labute approximate surface area is 92.1 Å². The lowest BCUT2D eigenvalue weighted by atomic mass is 10.1. The molecule has 0 bridgehead atoms. The fraction of sp³-hybridized carbons (Fsp3) is 0.538. The lowest BCUT2D eigenvalue weighted by Crippen LogP contribution is -2.34. The maximum atomic E-state index is 5.88. The van der Waals surface area contributed by atoms with Crippen LogP contribution in [0.15, 0.2) is 18.2 Å². The van der Waals surface area contributed by atoms with Gasteiger partial charge in [-0.15, -0.1) is 0 Å². The summed E-state index contributed by atoms with van der Waals surface area (Å²) < 4.78 is 0. The smallest absolute Gasteiger partial charge is 0.0432 e. The zero-order chi connectivity index (χ0) is 10.8. The Morgan fingerprint density at radius 3 is 2.93 bits per heavy atom. The highest BCUT2D eigenvalue weighted by atomic mass is 15.2. The van der Waals surface area contributed by atoms with E-state index in [0.717, 1.165) is 19.5 Å². The molecule has 0 spiro atoms. The molecule has 1 heterocycles. The van der Waals surface area contributed by atoms with Gasteiger partial charge in [0.15, 0.2) is 0 Å². The highest BCUT2D eigenvalue weighted by Crippen LogP contribution is 2.31. The summed E-state index contributed by atoms with van der Waals surface area (Å²) in [5.74, 6) is 0. The second-order valence-electron chi connectivity index (χ2n) is 4.45. The minimum atomic E-state index is 0.251. The van der Waals surface area contributed by atoms with E-state index in [0.29, 0.717) is 0 Å². The van der Waals surface area contributed by atoms with Crippen molar-refractivity contribution in [3.63, 3.8) is 0 Å². The molecule has 1 aliphatic heterocycles. The fourth-order valence-electron chi connectivity index (χ4n) is 2.44. The number of hydrogen-bond acceptors (Lipinski definition) is 2. The quantitative estimate of drug-likeness (QED) is 0.815. The summed E-state index contributed by atoms with van der Waals surface area (Å²) in [6.45, 7) is 6.41. The third kappa shape index (κ3) is 2.00. The summed E-state index contributed by atoms with van der Waals surface area (Å²) >= 11 is 0. The number of anilines is 1. The SMILES string of the molecule is CCc1cccc2c1N(C[C@H](C)N)CC2. The zero-order valence-electron chi connectivity index (χ0n) is 9.66. The molecule has 82 valence electrons. The maximum Gasteiger partial charge on any atom is 0.0432 e. The van der Waals surface area contributed by atoms with Crippen molar-refractivity contribution in [2.24, 2.45) is 5.73 Å². The Bertz CT molecular complexity index is 344. The number of nitrogens with two attached hydrogens (primary N) is 1. The van der Waals surface area contributed by atoms with Gasteiger partial charge in [0.1, 0.15) is 0 Å². The Balaban J connectivity index is 2.31. The predicted octanol–water partition coefficient (Wildman–Crippen LogP) is 1.96. The molecule has 0 aliphatic carbocycles. The van der Waals surface area contributed by atoms with Gasteiger partial charge in [0.05, 0.1) is 0 Å². The monoisotopic (exact) mass is 204 g/mol. The molecule has 1 atom stereocenters. The average Bonchev–Trinajstić information content (AvgIpc) is 2.61. The Hall–Kier alpha value is -1.02. The van der Waals surface area contributed by atoms with Crippen LogP contribution in [0.5, 0.6) is 0 Å². The standard InChI is InChI=1S/C13H20N2/c1-3-11-5-4-6-12-7-8-15(13(11)12)9-10(2)14/h4-6,10H,3,7-9,14H2,1-2H3/t10-/m0/s1. The van der Waals surface area contributed by atoms with Gasteiger partial charge in [0.25, 0.3) is 0 Å². The third-order valence-corrected chi connectivity index (χ3v) is 3.06. The maximum absolute atomic E-state index is 5.88. The van der Waals surface area contributed by atoms with Gasteiger partial charge in [-0.1, -0.05) is 25.1 Å². The van der Waals surface area contributed by atoms with Gasteiger partial charge in [0, 0.05) is 24.8 Å². The first kappa shape index (κ1) is 10.5. The van der Waals surface area contributed by atoms with Crippen LogP contribution in [0.1, 0.15) is 25.0 Å². The summed E-state index contributed by atoms with van der Waals surface area (Å²) in [6.07, 6.45) is 2.29. The van der Waals surface area contributed by atoms with Crippen molar-refractivity contribution in [1.29, 1.82) is 0 Å². The minimum Gasteiger partial charge on any atom is -0.369 e. The first-order valence-corrected chi connectivity index (χ1v) is 5.83. The van der Waals surface area contributed by atoms with E-state index < -0.39 is 0 Å². The molecule has 2 heteroatoms. The molecule has 1 aliphatic rings. The molecule has 0 fully saturated rings. The number of aryl methyl sites for hydroxylation is 1. The second-order valence-corrected chi connectivity index (χ2v) is 4.45. The Kier molecular flexibility index (Phi) is 2.96. The summed E-state index contributed by atoms with van der Waals surface area (Å²) in [5, 5.41) is 0. The van der Waals surface area contributed by atoms with Gasteiger partial charge >= 0.3 is 0 Å². The van der Waals surface area contributed by atoms with E-state index in [-0.39, 0.29) is 6.04 Å². The van der Waals surface area contributed by atoms with Gasteiger partial charge < -0.3 is 10.6 Å². The molecule has 1 aromatic carbocycles. The van der Waals surface area contributed by atoms with Gasteiger partial charge in [-0.05, 0) is 30.9 Å². The first-order valence-electron chi connectivity index (χ1n) is 5.83. The van der Waals surface area contributed by atoms with Crippen LogP contribution in [-0.4, -0.2) is 19.1 Å². The number of hydrogen-bond donors (Lipinski definition) is 1. The summed E-state index contributed by atoms with van der Waals surface area (Å²) in [4.78, 5) is 2.44. The molecule has 0 saturated carbocycles. The van der Waals surface area contributed by atoms with Gasteiger partial charge in [-0.2, -0.15) is 0 Å². The fourth-order valence-corrected chi connectivity index (χ4v) is 2.44. The molecule has 0 saturated heterocycles. The lowest BCUT2D eigenvalue weighted by molar-refractivity contribution is 0.692. The van der Waals surface area contributed by atoms with Crippen LogP contribution in [0.2, 0.25) is 0 Å². The molecule has 0 amide bonds. The molecule has 2 rings (SSSR count). The van der Waals surface area contributed by atoms with Crippen LogP contribution in [0.25, 0.3) is 0 Å². The van der Waals surface area contributed by atoms with E-state index in [4.69, 9.17) is 5.73 Å². The number of rotatable bonds is 3. The third-order valence-electron chi connectivity index (χ3n) is 3.06. The molecular formula is C13H20N2. The normalized spacial score (nSPS) is 16.6. The van der Waals surface area contributed by atoms with Crippen LogP contribution in [0, 0.1) is 0 Å². The first-order chi connectivity index (χ1) is 7.22. The molecule has 0 aromatic heterocycles. The van der Waals surface area contributed by atoms with E-state index in [1.165, 1.54) is 23.2 Å². The highest BCUT2D eigenvalue weighted by Gasteiger charge is 2.21. The Morgan fingerprint density at radius 1 is 1.47 bits per heavy atom. The summed E-state index contributed by atoms with van der Waals surface area (Å²) in [7, 11) is 0. The largest absolute Gasteiger partial charge is 0.369 e. The van der Waals surface area contributed by atoms with Crippen molar-refractivity contribution in [2.75, 3.05) is 18.0 Å². The minimum absolute atomic E-state index is 0.251. The average molecular weight is 204 g/mol. The van der Waals surface area contributed by atoms with Crippen LogP contribution in [-0.2, 0) is 12.8 Å². The van der Waals surface area contributed by atoms with E-state index in [1.807, 2.05) is 0 Å². The molecule has 15 heavy (non-hydrogen) atoms. The van der Waals surface area contributed by atoms with E-state index >= 15 is 0 Å². The van der Waals surface area contributed by atoms with Gasteiger partial charge in [-0.3, -0.25) is 0 Å². The summed E-state index contributed by atoms with van der Waals surface area (Å²) in [5.41, 5.74) is 10.3. The highest BCUT2D eigenvalue weighted by molar-refractivity contribution is 5.63. The lowest BCUT2D eigenvalue weighted by Gasteiger charge is -2.23. The number of nitrogens with zero attached hydrogens (tertiary/aromatic N) is 1. The Morgan fingerprint density at radius 2 is 2.27 bits per heavy atom. The number of fused-ring (bicyclic) bond motifs is 1. The van der Waals surface area contributed by atoms with E-state index in [2.05, 4.69) is 36.9 Å². The summed E-state index contributed by atoms with van der Waals surface area (Å²) in [6, 6.07) is 6.90.